The number of hydrogen-bond donors (Lipinski definition) is 2. The van der Waals surface area contributed by atoms with Crippen molar-refractivity contribution in [2.75, 3.05) is 0 Å². The monoisotopic (exact) mass is 310 g/mol. The van der Waals surface area contributed by atoms with Gasteiger partial charge in [-0.15, -0.1) is 0 Å². The summed E-state index contributed by atoms with van der Waals surface area (Å²) < 4.78 is 26.5. The zero-order chi connectivity index (χ0) is 16.1. The predicted molar refractivity (Wildman–Crippen MR) is 77.9 cm³/mol. The predicted octanol–water partition coefficient (Wildman–Crippen LogP) is 1.62. The highest BCUT2D eigenvalue weighted by Crippen LogP contribution is 2.16. The number of hydrogen-bond acceptors (Lipinski definition) is 4. The molecule has 0 amide bonds. The number of carboxylic acids is 1. The van der Waals surface area contributed by atoms with Crippen LogP contribution in [0.1, 0.15) is 37.8 Å². The summed E-state index contributed by atoms with van der Waals surface area (Å²) in [6.07, 6.45) is 0.731. The van der Waals surface area contributed by atoms with E-state index < -0.39 is 21.5 Å². The maximum atomic E-state index is 12.1. The maximum Gasteiger partial charge on any atom is 0.324 e. The van der Waals surface area contributed by atoms with Gasteiger partial charge in [0.1, 0.15) is 5.54 Å². The van der Waals surface area contributed by atoms with Crippen LogP contribution in [0.15, 0.2) is 24.3 Å². The standard InChI is InChI=1S/C14H18N2O4S/c1-3-7-14(2,13(17)18)16-21(19,20)10-12-6-4-5-11(8-12)9-15/h4-6,8,16H,3,7,10H2,1-2H3,(H,17,18). The second kappa shape index (κ2) is 6.70. The second-order valence-electron chi connectivity index (χ2n) is 5.06. The highest BCUT2D eigenvalue weighted by molar-refractivity contribution is 7.88. The van der Waals surface area contributed by atoms with Crippen LogP contribution in [0.2, 0.25) is 0 Å². The van der Waals surface area contributed by atoms with Crippen molar-refractivity contribution < 1.29 is 18.3 Å². The summed E-state index contributed by atoms with van der Waals surface area (Å²) in [6.45, 7) is 3.13. The molecule has 0 aromatic heterocycles. The van der Waals surface area contributed by atoms with Crippen molar-refractivity contribution in [3.8, 4) is 6.07 Å². The Morgan fingerprint density at radius 2 is 2.14 bits per heavy atom. The minimum Gasteiger partial charge on any atom is -0.480 e. The molecule has 21 heavy (non-hydrogen) atoms. The first kappa shape index (κ1) is 17.1. The molecule has 0 aliphatic heterocycles. The summed E-state index contributed by atoms with van der Waals surface area (Å²) >= 11 is 0. The minimum absolute atomic E-state index is 0.194. The van der Waals surface area contributed by atoms with Crippen LogP contribution in [0.5, 0.6) is 0 Å². The first-order valence-corrected chi connectivity index (χ1v) is 8.12. The van der Waals surface area contributed by atoms with Gasteiger partial charge < -0.3 is 5.11 Å². The van der Waals surface area contributed by atoms with Gasteiger partial charge in [-0.05, 0) is 31.0 Å². The highest BCUT2D eigenvalue weighted by Gasteiger charge is 2.36. The molecular weight excluding hydrogens is 292 g/mol. The summed E-state index contributed by atoms with van der Waals surface area (Å²) in [7, 11) is -3.82. The smallest absolute Gasteiger partial charge is 0.324 e. The molecule has 1 atom stereocenters. The Kier molecular flexibility index (Phi) is 5.47. The zero-order valence-electron chi connectivity index (χ0n) is 12.0. The third-order valence-corrected chi connectivity index (χ3v) is 4.49. The molecule has 0 heterocycles. The normalized spacial score (nSPS) is 14.1. The lowest BCUT2D eigenvalue weighted by molar-refractivity contribution is -0.143. The average Bonchev–Trinajstić information content (AvgIpc) is 2.37. The molecule has 1 aromatic carbocycles. The number of sulfonamides is 1. The zero-order valence-corrected chi connectivity index (χ0v) is 12.8. The van der Waals surface area contributed by atoms with E-state index in [0.717, 1.165) is 0 Å². The molecule has 0 bridgehead atoms. The number of aliphatic carboxylic acids is 1. The molecule has 0 fully saturated rings. The highest BCUT2D eigenvalue weighted by atomic mass is 32.2. The van der Waals surface area contributed by atoms with E-state index in [4.69, 9.17) is 5.26 Å². The van der Waals surface area contributed by atoms with Crippen molar-refractivity contribution >= 4 is 16.0 Å². The summed E-state index contributed by atoms with van der Waals surface area (Å²) in [5, 5.41) is 18.0. The molecule has 0 aliphatic rings. The van der Waals surface area contributed by atoms with Crippen molar-refractivity contribution in [1.29, 1.82) is 5.26 Å². The summed E-state index contributed by atoms with van der Waals surface area (Å²) in [4.78, 5) is 11.3. The Morgan fingerprint density at radius 1 is 1.48 bits per heavy atom. The first-order valence-electron chi connectivity index (χ1n) is 6.46. The third-order valence-electron chi connectivity index (χ3n) is 3.02. The van der Waals surface area contributed by atoms with Gasteiger partial charge in [-0.3, -0.25) is 4.79 Å². The van der Waals surface area contributed by atoms with E-state index in [1.165, 1.54) is 13.0 Å². The molecule has 1 rings (SSSR count). The number of carboxylic acid groups (broad SMARTS) is 1. The van der Waals surface area contributed by atoms with E-state index >= 15 is 0 Å². The largest absolute Gasteiger partial charge is 0.480 e. The number of carbonyl (C=O) groups is 1. The van der Waals surface area contributed by atoms with Gasteiger partial charge in [0.15, 0.2) is 0 Å². The van der Waals surface area contributed by atoms with Gasteiger partial charge in [-0.1, -0.05) is 25.5 Å². The Balaban J connectivity index is 2.96. The van der Waals surface area contributed by atoms with Crippen LogP contribution in [0, 0.1) is 11.3 Å². The topological polar surface area (TPSA) is 107 Å². The van der Waals surface area contributed by atoms with Gasteiger partial charge in [0.2, 0.25) is 10.0 Å². The van der Waals surface area contributed by atoms with Gasteiger partial charge in [-0.2, -0.15) is 9.98 Å². The van der Waals surface area contributed by atoms with Crippen LogP contribution < -0.4 is 4.72 Å². The van der Waals surface area contributed by atoms with E-state index in [9.17, 15) is 18.3 Å². The molecule has 2 N–H and O–H groups in total. The van der Waals surface area contributed by atoms with Crippen LogP contribution in [-0.2, 0) is 20.6 Å². The van der Waals surface area contributed by atoms with Crippen molar-refractivity contribution in [3.63, 3.8) is 0 Å². The summed E-state index contributed by atoms with van der Waals surface area (Å²) in [6, 6.07) is 8.14. The molecule has 1 aromatic rings. The van der Waals surface area contributed by atoms with Crippen LogP contribution >= 0.6 is 0 Å². The molecule has 1 unspecified atom stereocenters. The fraction of sp³-hybridized carbons (Fsp3) is 0.429. The van der Waals surface area contributed by atoms with Crippen LogP contribution in [0.3, 0.4) is 0 Å². The number of rotatable bonds is 7. The van der Waals surface area contributed by atoms with E-state index in [2.05, 4.69) is 4.72 Å². The Bertz CT molecular complexity index is 664. The maximum absolute atomic E-state index is 12.1. The van der Waals surface area contributed by atoms with E-state index in [0.29, 0.717) is 17.5 Å². The van der Waals surface area contributed by atoms with Crippen molar-refractivity contribution in [2.45, 2.75) is 38.0 Å². The third kappa shape index (κ3) is 4.85. The number of nitrogens with zero attached hydrogens (tertiary/aromatic N) is 1. The molecule has 0 radical (unpaired) electrons. The Hall–Kier alpha value is -1.91. The van der Waals surface area contributed by atoms with E-state index in [1.807, 2.05) is 6.07 Å². The van der Waals surface area contributed by atoms with Crippen molar-refractivity contribution in [2.24, 2.45) is 0 Å². The molecule has 0 saturated carbocycles. The average molecular weight is 310 g/mol. The molecule has 7 heteroatoms. The molecule has 0 aliphatic carbocycles. The number of nitriles is 1. The lowest BCUT2D eigenvalue weighted by Crippen LogP contribution is -2.52. The minimum atomic E-state index is -3.82. The quantitative estimate of drug-likeness (QED) is 0.795. The van der Waals surface area contributed by atoms with Crippen molar-refractivity contribution in [3.05, 3.63) is 35.4 Å². The lowest BCUT2D eigenvalue weighted by atomic mass is 9.98. The molecule has 6 nitrogen and oxygen atoms in total. The van der Waals surface area contributed by atoms with E-state index in [-0.39, 0.29) is 12.2 Å². The Morgan fingerprint density at radius 3 is 2.67 bits per heavy atom. The van der Waals surface area contributed by atoms with Crippen molar-refractivity contribution in [1.82, 2.24) is 4.72 Å². The molecular formula is C14H18N2O4S. The van der Waals surface area contributed by atoms with Crippen LogP contribution in [0.25, 0.3) is 0 Å². The number of nitrogens with one attached hydrogen (secondary N) is 1. The number of benzene rings is 1. The Labute approximate surface area is 124 Å². The van der Waals surface area contributed by atoms with Gasteiger partial charge >= 0.3 is 5.97 Å². The van der Waals surface area contributed by atoms with Gasteiger partial charge in [0.05, 0.1) is 17.4 Å². The molecule has 0 saturated heterocycles. The van der Waals surface area contributed by atoms with Gasteiger partial charge in [-0.25, -0.2) is 8.42 Å². The first-order chi connectivity index (χ1) is 9.72. The fourth-order valence-electron chi connectivity index (χ4n) is 2.03. The molecule has 114 valence electrons. The van der Waals surface area contributed by atoms with E-state index in [1.54, 1.807) is 25.1 Å². The SMILES string of the molecule is CCCC(C)(NS(=O)(=O)Cc1cccc(C#N)c1)C(=O)O. The lowest BCUT2D eigenvalue weighted by Gasteiger charge is -2.25. The molecule has 0 spiro atoms. The van der Waals surface area contributed by atoms with Crippen LogP contribution in [0.4, 0.5) is 0 Å². The fourth-order valence-corrected chi connectivity index (χ4v) is 3.60. The van der Waals surface area contributed by atoms with Crippen LogP contribution in [-0.4, -0.2) is 25.0 Å². The van der Waals surface area contributed by atoms with Gasteiger partial charge in [0, 0.05) is 0 Å². The van der Waals surface area contributed by atoms with Gasteiger partial charge in [0.25, 0.3) is 0 Å². The summed E-state index contributed by atoms with van der Waals surface area (Å²) in [5.74, 6) is -1.58. The summed E-state index contributed by atoms with van der Waals surface area (Å²) in [5.41, 5.74) is -0.733. The second-order valence-corrected chi connectivity index (χ2v) is 6.78.